The molecule has 0 aromatic heterocycles. The summed E-state index contributed by atoms with van der Waals surface area (Å²) in [6.45, 7) is 2.80. The minimum atomic E-state index is -2.22. The lowest BCUT2D eigenvalue weighted by Gasteiger charge is -2.30. The van der Waals surface area contributed by atoms with Crippen molar-refractivity contribution in [2.45, 2.75) is 63.4 Å². The maximum atomic E-state index is 13.1. The van der Waals surface area contributed by atoms with E-state index in [2.05, 4.69) is 10.6 Å². The van der Waals surface area contributed by atoms with E-state index in [4.69, 9.17) is 9.47 Å². The summed E-state index contributed by atoms with van der Waals surface area (Å²) >= 11 is 0. The van der Waals surface area contributed by atoms with E-state index in [1.165, 1.54) is 0 Å². The Kier molecular flexibility index (Phi) is 13.3. The van der Waals surface area contributed by atoms with Crippen LogP contribution in [0.1, 0.15) is 43.1 Å². The fraction of sp³-hybridized carbons (Fsp3) is 0.364. The second-order valence-electron chi connectivity index (χ2n) is 10.8. The number of nitrogens with one attached hydrogen (secondary N) is 2. The molecule has 0 heterocycles. The number of alkyl carbamates (subject to hydrolysis) is 1. The third kappa shape index (κ3) is 10.2. The molecule has 0 spiro atoms. The van der Waals surface area contributed by atoms with Crippen LogP contribution in [0, 0.1) is 5.92 Å². The van der Waals surface area contributed by atoms with E-state index in [1.54, 1.807) is 84.9 Å². The normalized spacial score (nSPS) is 14.6. The third-order valence-electron chi connectivity index (χ3n) is 6.82. The second kappa shape index (κ2) is 17.1. The number of ether oxygens (including phenoxy) is 2. The van der Waals surface area contributed by atoms with Crippen LogP contribution in [0.5, 0.6) is 0 Å². The van der Waals surface area contributed by atoms with Gasteiger partial charge in [-0.1, -0.05) is 105 Å². The predicted octanol–water partition coefficient (Wildman–Crippen LogP) is 2.22. The summed E-state index contributed by atoms with van der Waals surface area (Å²) in [4.78, 5) is 38.5. The number of rotatable bonds is 15. The lowest BCUT2D eigenvalue weighted by atomic mass is 9.98. The van der Waals surface area contributed by atoms with Crippen molar-refractivity contribution in [3.63, 3.8) is 0 Å². The van der Waals surface area contributed by atoms with E-state index in [-0.39, 0.29) is 18.9 Å². The first kappa shape index (κ1) is 34.2. The number of amides is 2. The molecule has 0 unspecified atom stereocenters. The zero-order valence-electron chi connectivity index (χ0n) is 24.7. The van der Waals surface area contributed by atoms with Gasteiger partial charge in [0.05, 0.1) is 12.6 Å². The average molecular weight is 609 g/mol. The average Bonchev–Trinajstić information content (AvgIpc) is 3.04. The fourth-order valence-corrected chi connectivity index (χ4v) is 4.47. The van der Waals surface area contributed by atoms with Crippen molar-refractivity contribution < 1.29 is 44.3 Å². The van der Waals surface area contributed by atoms with E-state index in [9.17, 15) is 34.8 Å². The molecule has 236 valence electrons. The Morgan fingerprint density at radius 1 is 0.750 bits per heavy atom. The number of hydrogen-bond donors (Lipinski definition) is 6. The molecule has 0 fully saturated rings. The van der Waals surface area contributed by atoms with Crippen LogP contribution >= 0.6 is 0 Å². The zero-order valence-corrected chi connectivity index (χ0v) is 24.7. The molecule has 44 heavy (non-hydrogen) atoms. The number of esters is 1. The molecule has 0 aliphatic heterocycles. The topological polar surface area (TPSA) is 175 Å². The molecule has 11 nitrogen and oxygen atoms in total. The summed E-state index contributed by atoms with van der Waals surface area (Å²) in [5, 5.41) is 46.9. The standard InChI is InChI=1S/C33H40N2O9/c1-21(2)18-25(35-33(42)43-20-22-12-6-3-7-13-22)31(40)34-26(19-36)27(37)28(38)29(39)32(41)44-30(23-14-8-4-9-15-23)24-16-10-5-11-17-24/h3-17,21,25-30,36-39H,18-20H2,1-2H3,(H,34,40)(H,35,42)/t25-,26-,27+,28+,29-/m0/s1. The molecule has 5 atom stereocenters. The Morgan fingerprint density at radius 3 is 1.77 bits per heavy atom. The van der Waals surface area contributed by atoms with Gasteiger partial charge in [0.15, 0.2) is 12.2 Å². The number of aliphatic hydroxyl groups is 4. The Balaban J connectivity index is 1.64. The van der Waals surface area contributed by atoms with E-state index >= 15 is 0 Å². The van der Waals surface area contributed by atoms with Gasteiger partial charge in [-0.2, -0.15) is 0 Å². The molecule has 0 saturated heterocycles. The lowest BCUT2D eigenvalue weighted by molar-refractivity contribution is -0.170. The van der Waals surface area contributed by atoms with Crippen LogP contribution in [0.15, 0.2) is 91.0 Å². The fourth-order valence-electron chi connectivity index (χ4n) is 4.47. The van der Waals surface area contributed by atoms with Gasteiger partial charge in [0.1, 0.15) is 24.9 Å². The van der Waals surface area contributed by atoms with Crippen LogP contribution in [0.3, 0.4) is 0 Å². The molecule has 3 aromatic rings. The van der Waals surface area contributed by atoms with E-state index in [0.29, 0.717) is 11.1 Å². The van der Waals surface area contributed by atoms with Gasteiger partial charge in [0.2, 0.25) is 5.91 Å². The molecule has 11 heteroatoms. The minimum Gasteiger partial charge on any atom is -0.451 e. The van der Waals surface area contributed by atoms with Crippen LogP contribution < -0.4 is 10.6 Å². The monoisotopic (exact) mass is 608 g/mol. The largest absolute Gasteiger partial charge is 0.451 e. The SMILES string of the molecule is CC(C)C[C@H](NC(=O)OCc1ccccc1)C(=O)N[C@@H](CO)[C@@H](O)[C@@H](O)[C@H](O)C(=O)OC(c1ccccc1)c1ccccc1. The van der Waals surface area contributed by atoms with Crippen molar-refractivity contribution in [2.24, 2.45) is 5.92 Å². The van der Waals surface area contributed by atoms with Crippen molar-refractivity contribution in [3.05, 3.63) is 108 Å². The van der Waals surface area contributed by atoms with Crippen molar-refractivity contribution >= 4 is 18.0 Å². The van der Waals surface area contributed by atoms with Crippen molar-refractivity contribution in [3.8, 4) is 0 Å². The van der Waals surface area contributed by atoms with Gasteiger partial charge >= 0.3 is 12.1 Å². The molecular formula is C33H40N2O9. The van der Waals surface area contributed by atoms with Crippen LogP contribution in [-0.2, 0) is 25.7 Å². The number of carbonyl (C=O) groups excluding carboxylic acids is 3. The summed E-state index contributed by atoms with van der Waals surface area (Å²) in [7, 11) is 0. The molecule has 0 bridgehead atoms. The highest BCUT2D eigenvalue weighted by atomic mass is 16.6. The highest BCUT2D eigenvalue weighted by Crippen LogP contribution is 2.27. The molecule has 0 aliphatic carbocycles. The van der Waals surface area contributed by atoms with Crippen molar-refractivity contribution in [2.75, 3.05) is 6.61 Å². The van der Waals surface area contributed by atoms with Gasteiger partial charge in [0.25, 0.3) is 0 Å². The predicted molar refractivity (Wildman–Crippen MR) is 161 cm³/mol. The maximum absolute atomic E-state index is 13.1. The zero-order chi connectivity index (χ0) is 32.1. The van der Waals surface area contributed by atoms with Crippen molar-refractivity contribution in [1.82, 2.24) is 10.6 Å². The minimum absolute atomic E-state index is 0.0176. The lowest BCUT2D eigenvalue weighted by Crippen LogP contribution is -2.58. The van der Waals surface area contributed by atoms with Crippen molar-refractivity contribution in [1.29, 1.82) is 0 Å². The Bertz CT molecular complexity index is 1270. The Hall–Kier alpha value is -4.29. The van der Waals surface area contributed by atoms with Gasteiger partial charge in [-0.3, -0.25) is 4.79 Å². The summed E-state index contributed by atoms with van der Waals surface area (Å²) in [6.07, 6.45) is -7.91. The van der Waals surface area contributed by atoms with Crippen LogP contribution in [0.25, 0.3) is 0 Å². The van der Waals surface area contributed by atoms with Gasteiger partial charge in [0, 0.05) is 0 Å². The number of hydrogen-bond acceptors (Lipinski definition) is 9. The molecular weight excluding hydrogens is 568 g/mol. The van der Waals surface area contributed by atoms with Crippen LogP contribution in [-0.4, -0.2) is 75.4 Å². The summed E-state index contributed by atoms with van der Waals surface area (Å²) in [6, 6.07) is 23.9. The maximum Gasteiger partial charge on any atom is 0.408 e. The summed E-state index contributed by atoms with van der Waals surface area (Å²) in [5.74, 6) is -2.04. The van der Waals surface area contributed by atoms with E-state index in [1.807, 2.05) is 19.9 Å². The molecule has 0 saturated carbocycles. The number of benzene rings is 3. The Labute approximate surface area is 256 Å². The third-order valence-corrected chi connectivity index (χ3v) is 6.82. The van der Waals surface area contributed by atoms with Crippen LogP contribution in [0.2, 0.25) is 0 Å². The van der Waals surface area contributed by atoms with Gasteiger partial charge in [-0.05, 0) is 29.0 Å². The molecule has 2 amide bonds. The Morgan fingerprint density at radius 2 is 1.27 bits per heavy atom. The summed E-state index contributed by atoms with van der Waals surface area (Å²) < 4.78 is 10.8. The first-order valence-corrected chi connectivity index (χ1v) is 14.3. The van der Waals surface area contributed by atoms with Crippen LogP contribution in [0.4, 0.5) is 4.79 Å². The number of carbonyl (C=O) groups is 3. The molecule has 6 N–H and O–H groups in total. The summed E-state index contributed by atoms with van der Waals surface area (Å²) in [5.41, 5.74) is 1.97. The van der Waals surface area contributed by atoms with Gasteiger partial charge in [-0.25, -0.2) is 9.59 Å². The molecule has 0 aliphatic rings. The first-order valence-electron chi connectivity index (χ1n) is 14.3. The van der Waals surface area contributed by atoms with E-state index in [0.717, 1.165) is 5.56 Å². The highest BCUT2D eigenvalue weighted by molar-refractivity contribution is 5.86. The molecule has 0 radical (unpaired) electrons. The second-order valence-corrected chi connectivity index (χ2v) is 10.8. The van der Waals surface area contributed by atoms with E-state index < -0.39 is 61.1 Å². The smallest absolute Gasteiger partial charge is 0.408 e. The highest BCUT2D eigenvalue weighted by Gasteiger charge is 2.38. The number of aliphatic hydroxyl groups excluding tert-OH is 4. The molecule has 3 rings (SSSR count). The quantitative estimate of drug-likeness (QED) is 0.141. The van der Waals surface area contributed by atoms with Gasteiger partial charge in [-0.15, -0.1) is 0 Å². The van der Waals surface area contributed by atoms with Gasteiger partial charge < -0.3 is 40.5 Å². The first-order chi connectivity index (χ1) is 21.1. The molecule has 3 aromatic carbocycles.